The summed E-state index contributed by atoms with van der Waals surface area (Å²) >= 11 is 0. The highest BCUT2D eigenvalue weighted by Gasteiger charge is 2.03. The molecule has 0 aliphatic carbocycles. The Balaban J connectivity index is 0.00000400. The fourth-order valence-electron chi connectivity index (χ4n) is 1.56. The first-order valence-electron chi connectivity index (χ1n) is 6.61. The van der Waals surface area contributed by atoms with Crippen molar-refractivity contribution < 1.29 is 14.3 Å². The van der Waals surface area contributed by atoms with Gasteiger partial charge in [0.15, 0.2) is 6.61 Å². The number of hydrogen-bond donors (Lipinski definition) is 3. The standard InChI is InChI=1S/C14H21N3O3.ClH/c1-2-16-14(19)10-20-12-5-3-4-11(8-12)9-17-13(18)6-7-15;/h3-5,8H,2,6-7,9-10,15H2,1H3,(H,16,19)(H,17,18);1H. The van der Waals surface area contributed by atoms with Crippen LogP contribution in [0.25, 0.3) is 0 Å². The summed E-state index contributed by atoms with van der Waals surface area (Å²) in [6.07, 6.45) is 0.313. The van der Waals surface area contributed by atoms with Gasteiger partial charge in [0.25, 0.3) is 5.91 Å². The summed E-state index contributed by atoms with van der Waals surface area (Å²) in [6.45, 7) is 3.16. The molecule has 118 valence electrons. The predicted octanol–water partition coefficient (Wildman–Crippen LogP) is 0.588. The maximum absolute atomic E-state index is 11.3. The normalized spacial score (nSPS) is 9.43. The van der Waals surface area contributed by atoms with E-state index in [4.69, 9.17) is 10.5 Å². The van der Waals surface area contributed by atoms with Crippen molar-refractivity contribution in [2.75, 3.05) is 19.7 Å². The van der Waals surface area contributed by atoms with E-state index in [-0.39, 0.29) is 30.8 Å². The Morgan fingerprint density at radius 1 is 1.24 bits per heavy atom. The fourth-order valence-corrected chi connectivity index (χ4v) is 1.56. The monoisotopic (exact) mass is 315 g/mol. The van der Waals surface area contributed by atoms with Crippen molar-refractivity contribution in [3.8, 4) is 5.75 Å². The number of amides is 2. The minimum atomic E-state index is -0.158. The molecule has 7 heteroatoms. The zero-order valence-electron chi connectivity index (χ0n) is 12.1. The van der Waals surface area contributed by atoms with E-state index >= 15 is 0 Å². The van der Waals surface area contributed by atoms with Crippen LogP contribution in [0.1, 0.15) is 18.9 Å². The highest BCUT2D eigenvalue weighted by atomic mass is 35.5. The van der Waals surface area contributed by atoms with Gasteiger partial charge in [0.05, 0.1) is 0 Å². The maximum atomic E-state index is 11.3. The Morgan fingerprint density at radius 3 is 2.67 bits per heavy atom. The molecule has 4 N–H and O–H groups in total. The lowest BCUT2D eigenvalue weighted by atomic mass is 10.2. The van der Waals surface area contributed by atoms with E-state index in [1.165, 1.54) is 0 Å². The van der Waals surface area contributed by atoms with Gasteiger partial charge in [0.2, 0.25) is 5.91 Å². The van der Waals surface area contributed by atoms with Crippen LogP contribution in [0, 0.1) is 0 Å². The lowest BCUT2D eigenvalue weighted by Crippen LogP contribution is -2.28. The Hall–Kier alpha value is -1.79. The summed E-state index contributed by atoms with van der Waals surface area (Å²) in [6, 6.07) is 7.26. The molecule has 0 aromatic heterocycles. The lowest BCUT2D eigenvalue weighted by molar-refractivity contribution is -0.123. The molecule has 0 fully saturated rings. The third-order valence-electron chi connectivity index (χ3n) is 2.50. The third kappa shape index (κ3) is 8.16. The number of carbonyl (C=O) groups is 2. The molecule has 1 aromatic carbocycles. The van der Waals surface area contributed by atoms with Gasteiger partial charge >= 0.3 is 0 Å². The molecule has 0 radical (unpaired) electrons. The predicted molar refractivity (Wildman–Crippen MR) is 83.4 cm³/mol. The summed E-state index contributed by atoms with van der Waals surface area (Å²) in [5.74, 6) is 0.358. The Bertz CT molecular complexity index is 418. The number of rotatable bonds is 8. The van der Waals surface area contributed by atoms with Gasteiger partial charge in [-0.2, -0.15) is 0 Å². The highest BCUT2D eigenvalue weighted by Crippen LogP contribution is 2.13. The topological polar surface area (TPSA) is 93.5 Å². The number of halogens is 1. The van der Waals surface area contributed by atoms with Gasteiger partial charge in [-0.1, -0.05) is 12.1 Å². The molecule has 0 bridgehead atoms. The first kappa shape index (κ1) is 19.2. The van der Waals surface area contributed by atoms with Crippen molar-refractivity contribution in [2.45, 2.75) is 19.9 Å². The van der Waals surface area contributed by atoms with E-state index in [0.29, 0.717) is 31.8 Å². The Kier molecular flexibility index (Phi) is 10.0. The summed E-state index contributed by atoms with van der Waals surface area (Å²) in [4.78, 5) is 22.6. The molecule has 0 unspecified atom stereocenters. The summed E-state index contributed by atoms with van der Waals surface area (Å²) in [5, 5.41) is 5.41. The minimum absolute atomic E-state index is 0. The van der Waals surface area contributed by atoms with E-state index in [9.17, 15) is 9.59 Å². The number of hydrogen-bond acceptors (Lipinski definition) is 4. The van der Waals surface area contributed by atoms with E-state index in [1.54, 1.807) is 12.1 Å². The fraction of sp³-hybridized carbons (Fsp3) is 0.429. The molecule has 1 rings (SSSR count). The van der Waals surface area contributed by atoms with E-state index in [1.807, 2.05) is 19.1 Å². The first-order valence-corrected chi connectivity index (χ1v) is 6.61. The molecule has 0 aliphatic rings. The second kappa shape index (κ2) is 10.9. The number of carbonyl (C=O) groups excluding carboxylic acids is 2. The quantitative estimate of drug-likeness (QED) is 0.654. The van der Waals surface area contributed by atoms with Crippen molar-refractivity contribution in [1.29, 1.82) is 0 Å². The van der Waals surface area contributed by atoms with Gasteiger partial charge in [-0.3, -0.25) is 9.59 Å². The number of likely N-dealkylation sites (N-methyl/N-ethyl adjacent to an activating group) is 1. The number of benzene rings is 1. The Morgan fingerprint density at radius 2 is 2.00 bits per heavy atom. The van der Waals surface area contributed by atoms with Crippen LogP contribution in [0.2, 0.25) is 0 Å². The van der Waals surface area contributed by atoms with Crippen LogP contribution in [0.3, 0.4) is 0 Å². The summed E-state index contributed by atoms with van der Waals surface area (Å²) in [5.41, 5.74) is 6.20. The summed E-state index contributed by atoms with van der Waals surface area (Å²) < 4.78 is 5.37. The zero-order chi connectivity index (χ0) is 14.8. The average molecular weight is 316 g/mol. The van der Waals surface area contributed by atoms with Gasteiger partial charge < -0.3 is 21.1 Å². The SMILES string of the molecule is CCNC(=O)COc1cccc(CNC(=O)CCN)c1.Cl. The van der Waals surface area contributed by atoms with Crippen molar-refractivity contribution in [3.05, 3.63) is 29.8 Å². The second-order valence-corrected chi connectivity index (χ2v) is 4.20. The number of ether oxygens (including phenoxy) is 1. The van der Waals surface area contributed by atoms with Crippen molar-refractivity contribution >= 4 is 24.2 Å². The average Bonchev–Trinajstić information content (AvgIpc) is 2.44. The van der Waals surface area contributed by atoms with Crippen LogP contribution in [-0.2, 0) is 16.1 Å². The molecule has 21 heavy (non-hydrogen) atoms. The van der Waals surface area contributed by atoms with Gasteiger partial charge in [-0.05, 0) is 24.6 Å². The van der Waals surface area contributed by atoms with Gasteiger partial charge in [0, 0.05) is 26.1 Å². The molecule has 0 aliphatic heterocycles. The second-order valence-electron chi connectivity index (χ2n) is 4.20. The van der Waals surface area contributed by atoms with E-state index in [2.05, 4.69) is 10.6 Å². The molecule has 1 aromatic rings. The van der Waals surface area contributed by atoms with Gasteiger partial charge in [-0.15, -0.1) is 12.4 Å². The van der Waals surface area contributed by atoms with Crippen LogP contribution in [0.15, 0.2) is 24.3 Å². The zero-order valence-corrected chi connectivity index (χ0v) is 12.9. The van der Waals surface area contributed by atoms with Crippen LogP contribution >= 0.6 is 12.4 Å². The third-order valence-corrected chi connectivity index (χ3v) is 2.50. The molecule has 0 saturated heterocycles. The maximum Gasteiger partial charge on any atom is 0.257 e. The number of nitrogens with one attached hydrogen (secondary N) is 2. The molecule has 0 saturated carbocycles. The van der Waals surface area contributed by atoms with Crippen LogP contribution in [-0.4, -0.2) is 31.5 Å². The molecule has 6 nitrogen and oxygen atoms in total. The smallest absolute Gasteiger partial charge is 0.257 e. The van der Waals surface area contributed by atoms with Crippen LogP contribution < -0.4 is 21.1 Å². The first-order chi connectivity index (χ1) is 9.65. The van der Waals surface area contributed by atoms with Crippen molar-refractivity contribution in [3.63, 3.8) is 0 Å². The molecule has 0 heterocycles. The highest BCUT2D eigenvalue weighted by molar-refractivity contribution is 5.85. The van der Waals surface area contributed by atoms with E-state index in [0.717, 1.165) is 5.56 Å². The van der Waals surface area contributed by atoms with Gasteiger partial charge in [0.1, 0.15) is 5.75 Å². The molecule has 0 spiro atoms. The molecule has 0 atom stereocenters. The van der Waals surface area contributed by atoms with Crippen molar-refractivity contribution in [1.82, 2.24) is 10.6 Å². The molecular weight excluding hydrogens is 294 g/mol. The van der Waals surface area contributed by atoms with Crippen molar-refractivity contribution in [2.24, 2.45) is 5.73 Å². The van der Waals surface area contributed by atoms with Crippen LogP contribution in [0.4, 0.5) is 0 Å². The largest absolute Gasteiger partial charge is 0.484 e. The van der Waals surface area contributed by atoms with Gasteiger partial charge in [-0.25, -0.2) is 0 Å². The lowest BCUT2D eigenvalue weighted by Gasteiger charge is -2.09. The van der Waals surface area contributed by atoms with Crippen LogP contribution in [0.5, 0.6) is 5.75 Å². The summed E-state index contributed by atoms with van der Waals surface area (Å²) in [7, 11) is 0. The molecule has 2 amide bonds. The van der Waals surface area contributed by atoms with E-state index < -0.39 is 0 Å². The Labute approximate surface area is 130 Å². The minimum Gasteiger partial charge on any atom is -0.484 e. The number of nitrogens with two attached hydrogens (primary N) is 1. The molecular formula is C14H22ClN3O3.